The van der Waals surface area contributed by atoms with E-state index in [1.165, 1.54) is 56.4 Å². The van der Waals surface area contributed by atoms with Crippen LogP contribution in [0.5, 0.6) is 0 Å². The van der Waals surface area contributed by atoms with E-state index in [1.807, 2.05) is 0 Å². The zero-order valence-corrected chi connectivity index (χ0v) is 13.6. The van der Waals surface area contributed by atoms with Gasteiger partial charge in [0.1, 0.15) is 0 Å². The van der Waals surface area contributed by atoms with E-state index < -0.39 is 0 Å². The van der Waals surface area contributed by atoms with Crippen LogP contribution in [0.3, 0.4) is 0 Å². The molecule has 2 heteroatoms. The highest BCUT2D eigenvalue weighted by atomic mass is 15.1. The lowest BCUT2D eigenvalue weighted by molar-refractivity contribution is 0.280. The maximum Gasteiger partial charge on any atom is 0.0345 e. The van der Waals surface area contributed by atoms with Gasteiger partial charge in [-0.1, -0.05) is 32.4 Å². The number of hydrogen-bond acceptors (Lipinski definition) is 2. The van der Waals surface area contributed by atoms with E-state index in [1.54, 1.807) is 0 Å². The minimum atomic E-state index is 0.649. The highest BCUT2D eigenvalue weighted by Gasteiger charge is 2.25. The van der Waals surface area contributed by atoms with E-state index in [4.69, 9.17) is 0 Å². The Balaban J connectivity index is 1.62. The van der Waals surface area contributed by atoms with Gasteiger partial charge in [-0.25, -0.2) is 0 Å². The lowest BCUT2D eigenvalue weighted by atomic mass is 9.80. The molecule has 1 saturated carbocycles. The Labute approximate surface area is 129 Å². The van der Waals surface area contributed by atoms with Crippen molar-refractivity contribution in [3.05, 3.63) is 29.8 Å². The minimum Gasteiger partial charge on any atom is -0.382 e. The lowest BCUT2D eigenvalue weighted by Crippen LogP contribution is -2.33. The third-order valence-corrected chi connectivity index (χ3v) is 5.34. The zero-order chi connectivity index (χ0) is 14.7. The first-order chi connectivity index (χ1) is 10.2. The van der Waals surface area contributed by atoms with Crippen molar-refractivity contribution in [2.24, 2.45) is 11.8 Å². The summed E-state index contributed by atoms with van der Waals surface area (Å²) in [5.74, 6) is 1.66. The molecule has 2 fully saturated rings. The van der Waals surface area contributed by atoms with Crippen LogP contribution < -0.4 is 5.32 Å². The third kappa shape index (κ3) is 4.00. The molecule has 1 aromatic carbocycles. The van der Waals surface area contributed by atoms with Gasteiger partial charge < -0.3 is 5.32 Å². The van der Waals surface area contributed by atoms with Gasteiger partial charge in [0.2, 0.25) is 0 Å². The summed E-state index contributed by atoms with van der Waals surface area (Å²) in [6.45, 7) is 8.46. The van der Waals surface area contributed by atoms with Gasteiger partial charge in [-0.2, -0.15) is 0 Å². The molecule has 0 bridgehead atoms. The fraction of sp³-hybridized carbons (Fsp3) is 0.684. The summed E-state index contributed by atoms with van der Waals surface area (Å²) < 4.78 is 0. The van der Waals surface area contributed by atoms with Crippen molar-refractivity contribution in [3.8, 4) is 0 Å². The lowest BCUT2D eigenvalue weighted by Gasteiger charge is -2.34. The van der Waals surface area contributed by atoms with Gasteiger partial charge in [0, 0.05) is 18.3 Å². The molecule has 1 saturated heterocycles. The summed E-state index contributed by atoms with van der Waals surface area (Å²) >= 11 is 0. The van der Waals surface area contributed by atoms with Crippen molar-refractivity contribution >= 4 is 5.69 Å². The number of nitrogens with zero attached hydrogens (tertiary/aromatic N) is 1. The largest absolute Gasteiger partial charge is 0.382 e. The average molecular weight is 286 g/mol. The van der Waals surface area contributed by atoms with Gasteiger partial charge in [-0.05, 0) is 68.3 Å². The Hall–Kier alpha value is -1.02. The van der Waals surface area contributed by atoms with Crippen LogP contribution in [0.2, 0.25) is 0 Å². The second-order valence-corrected chi connectivity index (χ2v) is 7.33. The molecule has 3 unspecified atom stereocenters. The molecule has 0 amide bonds. The predicted octanol–water partition coefficient (Wildman–Crippen LogP) is 4.52. The van der Waals surface area contributed by atoms with Crippen LogP contribution in [0, 0.1) is 11.8 Å². The highest BCUT2D eigenvalue weighted by Crippen LogP contribution is 2.30. The number of benzene rings is 1. The fourth-order valence-electron chi connectivity index (χ4n) is 3.91. The first-order valence-electron chi connectivity index (χ1n) is 8.78. The molecule has 1 aliphatic carbocycles. The summed E-state index contributed by atoms with van der Waals surface area (Å²) in [5.41, 5.74) is 2.77. The Morgan fingerprint density at radius 1 is 1.14 bits per heavy atom. The van der Waals surface area contributed by atoms with Crippen molar-refractivity contribution in [2.45, 2.75) is 58.5 Å². The number of hydrogen-bond donors (Lipinski definition) is 1. The molecule has 0 radical (unpaired) electrons. The standard InChI is InChI=1S/C19H30N2/c1-15-8-9-16(2)19(12-15)20-18-7-5-6-17(13-18)14-21-10-3-4-11-21/h5-7,13,15-16,19-20H,3-4,8-12,14H2,1-2H3. The van der Waals surface area contributed by atoms with E-state index in [2.05, 4.69) is 48.3 Å². The van der Waals surface area contributed by atoms with Crippen molar-refractivity contribution in [1.82, 2.24) is 4.90 Å². The molecule has 2 aliphatic rings. The van der Waals surface area contributed by atoms with Crippen LogP contribution in [0.25, 0.3) is 0 Å². The maximum absolute atomic E-state index is 3.81. The molecule has 2 nitrogen and oxygen atoms in total. The van der Waals surface area contributed by atoms with Crippen LogP contribution in [0.4, 0.5) is 5.69 Å². The summed E-state index contributed by atoms with van der Waals surface area (Å²) in [4.78, 5) is 2.57. The molecule has 1 N–H and O–H groups in total. The van der Waals surface area contributed by atoms with Crippen LogP contribution in [0.15, 0.2) is 24.3 Å². The van der Waals surface area contributed by atoms with Crippen molar-refractivity contribution < 1.29 is 0 Å². The molecule has 3 atom stereocenters. The van der Waals surface area contributed by atoms with E-state index in [-0.39, 0.29) is 0 Å². The first kappa shape index (κ1) is 14.9. The molecule has 0 spiro atoms. The predicted molar refractivity (Wildman–Crippen MR) is 90.5 cm³/mol. The molecule has 0 aromatic heterocycles. The summed E-state index contributed by atoms with van der Waals surface area (Å²) in [6, 6.07) is 9.74. The smallest absolute Gasteiger partial charge is 0.0345 e. The average Bonchev–Trinajstić information content (AvgIpc) is 2.96. The van der Waals surface area contributed by atoms with Crippen LogP contribution in [-0.4, -0.2) is 24.0 Å². The van der Waals surface area contributed by atoms with Crippen molar-refractivity contribution in [1.29, 1.82) is 0 Å². The zero-order valence-electron chi connectivity index (χ0n) is 13.6. The van der Waals surface area contributed by atoms with E-state index >= 15 is 0 Å². The second-order valence-electron chi connectivity index (χ2n) is 7.33. The maximum atomic E-state index is 3.81. The molecular formula is C19H30N2. The SMILES string of the molecule is CC1CCC(C)C(Nc2cccc(CN3CCCC3)c2)C1. The Morgan fingerprint density at radius 3 is 2.76 bits per heavy atom. The Morgan fingerprint density at radius 2 is 1.95 bits per heavy atom. The highest BCUT2D eigenvalue weighted by molar-refractivity contribution is 5.46. The number of anilines is 1. The van der Waals surface area contributed by atoms with Gasteiger partial charge in [0.25, 0.3) is 0 Å². The molecule has 21 heavy (non-hydrogen) atoms. The Bertz CT molecular complexity index is 451. The van der Waals surface area contributed by atoms with Crippen LogP contribution >= 0.6 is 0 Å². The van der Waals surface area contributed by atoms with Crippen molar-refractivity contribution in [2.75, 3.05) is 18.4 Å². The van der Waals surface area contributed by atoms with E-state index in [9.17, 15) is 0 Å². The van der Waals surface area contributed by atoms with Gasteiger partial charge in [0.15, 0.2) is 0 Å². The fourth-order valence-corrected chi connectivity index (χ4v) is 3.91. The summed E-state index contributed by atoms with van der Waals surface area (Å²) in [5, 5.41) is 3.81. The third-order valence-electron chi connectivity index (χ3n) is 5.34. The quantitative estimate of drug-likeness (QED) is 0.875. The second kappa shape index (κ2) is 6.83. The molecular weight excluding hydrogens is 256 g/mol. The van der Waals surface area contributed by atoms with E-state index in [0.29, 0.717) is 6.04 Å². The first-order valence-corrected chi connectivity index (χ1v) is 8.78. The van der Waals surface area contributed by atoms with Gasteiger partial charge in [0.05, 0.1) is 0 Å². The van der Waals surface area contributed by atoms with E-state index in [0.717, 1.165) is 18.4 Å². The number of nitrogens with one attached hydrogen (secondary N) is 1. The minimum absolute atomic E-state index is 0.649. The monoisotopic (exact) mass is 286 g/mol. The molecule has 1 aromatic rings. The van der Waals surface area contributed by atoms with Crippen LogP contribution in [0.1, 0.15) is 51.5 Å². The summed E-state index contributed by atoms with van der Waals surface area (Å²) in [6.07, 6.45) is 6.82. The summed E-state index contributed by atoms with van der Waals surface area (Å²) in [7, 11) is 0. The number of likely N-dealkylation sites (tertiary alicyclic amines) is 1. The van der Waals surface area contributed by atoms with Gasteiger partial charge in [-0.15, -0.1) is 0 Å². The molecule has 1 heterocycles. The molecule has 116 valence electrons. The topological polar surface area (TPSA) is 15.3 Å². The van der Waals surface area contributed by atoms with Crippen molar-refractivity contribution in [3.63, 3.8) is 0 Å². The van der Waals surface area contributed by atoms with Crippen LogP contribution in [-0.2, 0) is 6.54 Å². The van der Waals surface area contributed by atoms with Gasteiger partial charge in [-0.3, -0.25) is 4.90 Å². The van der Waals surface area contributed by atoms with Gasteiger partial charge >= 0.3 is 0 Å². The number of rotatable bonds is 4. The molecule has 1 aliphatic heterocycles. The molecule has 3 rings (SSSR count). The Kier molecular flexibility index (Phi) is 4.84. The normalized spacial score (nSPS) is 30.5.